The molecule has 6 heteroatoms. The number of anilines is 1. The molecule has 3 rings (SSSR count). The number of carbonyl (C=O) groups is 1. The Kier molecular flexibility index (Phi) is 2.38. The quantitative estimate of drug-likeness (QED) is 0.764. The molecule has 1 fully saturated rings. The van der Waals surface area contributed by atoms with Crippen molar-refractivity contribution in [1.82, 2.24) is 5.32 Å². The van der Waals surface area contributed by atoms with Crippen molar-refractivity contribution in [3.63, 3.8) is 0 Å². The Morgan fingerprint density at radius 3 is 2.83 bits per heavy atom. The third kappa shape index (κ3) is 1.59. The van der Waals surface area contributed by atoms with Gasteiger partial charge in [-0.2, -0.15) is 13.2 Å². The normalized spacial score (nSPS) is 22.9. The van der Waals surface area contributed by atoms with Crippen LogP contribution in [0.1, 0.15) is 11.1 Å². The molecule has 1 atom stereocenters. The second kappa shape index (κ2) is 3.71. The fourth-order valence-corrected chi connectivity index (χ4v) is 2.74. The van der Waals surface area contributed by atoms with E-state index < -0.39 is 11.7 Å². The number of piperazine rings is 1. The zero-order valence-electron chi connectivity index (χ0n) is 9.42. The molecule has 3 nitrogen and oxygen atoms in total. The van der Waals surface area contributed by atoms with E-state index in [-0.39, 0.29) is 30.5 Å². The molecule has 1 aromatic carbocycles. The molecule has 0 aliphatic carbocycles. The summed E-state index contributed by atoms with van der Waals surface area (Å²) in [6.45, 7) is 0.726. The number of nitrogens with zero attached hydrogens (tertiary/aromatic N) is 1. The van der Waals surface area contributed by atoms with Gasteiger partial charge in [-0.1, -0.05) is 6.07 Å². The number of benzene rings is 1. The Morgan fingerprint density at radius 2 is 2.11 bits per heavy atom. The van der Waals surface area contributed by atoms with Crippen LogP contribution in [-0.2, 0) is 17.4 Å². The average molecular weight is 256 g/mol. The lowest BCUT2D eigenvalue weighted by Crippen LogP contribution is -2.53. The van der Waals surface area contributed by atoms with Gasteiger partial charge in [0.1, 0.15) is 0 Å². The van der Waals surface area contributed by atoms with Crippen molar-refractivity contribution in [2.45, 2.75) is 18.6 Å². The number of amides is 1. The van der Waals surface area contributed by atoms with E-state index in [0.717, 1.165) is 6.07 Å². The van der Waals surface area contributed by atoms with Gasteiger partial charge in [-0.25, -0.2) is 0 Å². The van der Waals surface area contributed by atoms with Crippen LogP contribution in [0.5, 0.6) is 0 Å². The zero-order valence-corrected chi connectivity index (χ0v) is 9.42. The van der Waals surface area contributed by atoms with Crippen molar-refractivity contribution in [3.05, 3.63) is 29.3 Å². The van der Waals surface area contributed by atoms with Crippen molar-refractivity contribution in [2.24, 2.45) is 0 Å². The Morgan fingerprint density at radius 1 is 1.33 bits per heavy atom. The molecule has 0 saturated carbocycles. The molecule has 0 bridgehead atoms. The highest BCUT2D eigenvalue weighted by Crippen LogP contribution is 2.41. The fourth-order valence-electron chi connectivity index (χ4n) is 2.74. The Labute approximate surface area is 102 Å². The molecule has 1 unspecified atom stereocenters. The fraction of sp³-hybridized carbons (Fsp3) is 0.417. The highest BCUT2D eigenvalue weighted by Gasteiger charge is 2.42. The Bertz CT molecular complexity index is 513. The summed E-state index contributed by atoms with van der Waals surface area (Å²) in [5.74, 6) is -0.163. The molecule has 1 N–H and O–H groups in total. The first-order chi connectivity index (χ1) is 8.48. The average Bonchev–Trinajstić information content (AvgIpc) is 2.66. The summed E-state index contributed by atoms with van der Waals surface area (Å²) in [4.78, 5) is 13.3. The van der Waals surface area contributed by atoms with Gasteiger partial charge >= 0.3 is 6.18 Å². The molecule has 2 heterocycles. The number of hydrogen-bond donors (Lipinski definition) is 1. The van der Waals surface area contributed by atoms with Gasteiger partial charge in [0.25, 0.3) is 0 Å². The van der Waals surface area contributed by atoms with E-state index >= 15 is 0 Å². The number of fused-ring (bicyclic) bond motifs is 3. The molecule has 0 aromatic heterocycles. The van der Waals surface area contributed by atoms with Crippen molar-refractivity contribution in [2.75, 3.05) is 18.0 Å². The lowest BCUT2D eigenvalue weighted by atomic mass is 10.0. The van der Waals surface area contributed by atoms with Crippen LogP contribution >= 0.6 is 0 Å². The summed E-state index contributed by atoms with van der Waals surface area (Å²) < 4.78 is 38.7. The summed E-state index contributed by atoms with van der Waals surface area (Å²) in [6, 6.07) is 3.84. The predicted molar refractivity (Wildman–Crippen MR) is 59.3 cm³/mol. The van der Waals surface area contributed by atoms with E-state index in [1.165, 1.54) is 11.0 Å². The molecule has 1 saturated heterocycles. The van der Waals surface area contributed by atoms with Gasteiger partial charge in [0.2, 0.25) is 5.91 Å². The van der Waals surface area contributed by atoms with Crippen molar-refractivity contribution in [1.29, 1.82) is 0 Å². The molecule has 96 valence electrons. The maximum atomic E-state index is 12.9. The SMILES string of the molecule is O=C1CNCC2Cc3c(cccc3C(F)(F)F)N12. The van der Waals surface area contributed by atoms with Crippen LogP contribution < -0.4 is 10.2 Å². The highest BCUT2D eigenvalue weighted by atomic mass is 19.4. The third-order valence-corrected chi connectivity index (χ3v) is 3.45. The summed E-state index contributed by atoms with van der Waals surface area (Å²) in [7, 11) is 0. The lowest BCUT2D eigenvalue weighted by Gasteiger charge is -2.30. The van der Waals surface area contributed by atoms with Crippen LogP contribution in [0.2, 0.25) is 0 Å². The minimum absolute atomic E-state index is 0.163. The standard InChI is InChI=1S/C12H11F3N2O/c13-12(14,15)9-2-1-3-10-8(9)4-7-5-16-6-11(18)17(7)10/h1-3,7,16H,4-6H2. The number of halogens is 3. The topological polar surface area (TPSA) is 32.3 Å². The van der Waals surface area contributed by atoms with Gasteiger partial charge in [0.15, 0.2) is 0 Å². The molecule has 0 spiro atoms. The number of nitrogens with one attached hydrogen (secondary N) is 1. The maximum Gasteiger partial charge on any atom is 0.416 e. The zero-order chi connectivity index (χ0) is 12.9. The molecule has 1 amide bonds. The van der Waals surface area contributed by atoms with E-state index in [1.807, 2.05) is 0 Å². The molecule has 1 aromatic rings. The van der Waals surface area contributed by atoms with Crippen molar-refractivity contribution >= 4 is 11.6 Å². The number of hydrogen-bond acceptors (Lipinski definition) is 2. The third-order valence-electron chi connectivity index (χ3n) is 3.45. The lowest BCUT2D eigenvalue weighted by molar-refractivity contribution is -0.138. The molecular weight excluding hydrogens is 245 g/mol. The van der Waals surface area contributed by atoms with Crippen molar-refractivity contribution in [3.8, 4) is 0 Å². The largest absolute Gasteiger partial charge is 0.416 e. The Hall–Kier alpha value is -1.56. The Balaban J connectivity index is 2.11. The van der Waals surface area contributed by atoms with Crippen molar-refractivity contribution < 1.29 is 18.0 Å². The summed E-state index contributed by atoms with van der Waals surface area (Å²) in [6.07, 6.45) is -4.10. The second-order valence-corrected chi connectivity index (χ2v) is 4.55. The van der Waals surface area contributed by atoms with Crippen LogP contribution in [0.15, 0.2) is 18.2 Å². The van der Waals surface area contributed by atoms with Gasteiger partial charge in [-0.15, -0.1) is 0 Å². The molecule has 0 radical (unpaired) electrons. The van der Waals surface area contributed by atoms with Gasteiger partial charge in [-0.05, 0) is 24.1 Å². The number of carbonyl (C=O) groups excluding carboxylic acids is 1. The minimum atomic E-state index is -4.36. The van der Waals surface area contributed by atoms with Crippen LogP contribution in [0, 0.1) is 0 Å². The van der Waals surface area contributed by atoms with E-state index in [4.69, 9.17) is 0 Å². The van der Waals surface area contributed by atoms with E-state index in [0.29, 0.717) is 12.2 Å². The highest BCUT2D eigenvalue weighted by molar-refractivity contribution is 5.98. The smallest absolute Gasteiger partial charge is 0.306 e. The van der Waals surface area contributed by atoms with Gasteiger partial charge in [0.05, 0.1) is 18.2 Å². The van der Waals surface area contributed by atoms with Crippen LogP contribution in [-0.4, -0.2) is 25.0 Å². The summed E-state index contributed by atoms with van der Waals surface area (Å²) >= 11 is 0. The minimum Gasteiger partial charge on any atom is -0.306 e. The number of alkyl halides is 3. The van der Waals surface area contributed by atoms with E-state index in [9.17, 15) is 18.0 Å². The van der Waals surface area contributed by atoms with Gasteiger partial charge in [-0.3, -0.25) is 4.79 Å². The van der Waals surface area contributed by atoms with Gasteiger partial charge in [0, 0.05) is 12.2 Å². The van der Waals surface area contributed by atoms with E-state index in [2.05, 4.69) is 5.32 Å². The maximum absolute atomic E-state index is 12.9. The summed E-state index contributed by atoms with van der Waals surface area (Å²) in [5, 5.41) is 2.93. The van der Waals surface area contributed by atoms with Crippen LogP contribution in [0.25, 0.3) is 0 Å². The number of rotatable bonds is 0. The first kappa shape index (κ1) is 11.5. The summed E-state index contributed by atoms with van der Waals surface area (Å²) in [5.41, 5.74) is 0.0376. The monoisotopic (exact) mass is 256 g/mol. The van der Waals surface area contributed by atoms with Gasteiger partial charge < -0.3 is 10.2 Å². The van der Waals surface area contributed by atoms with E-state index in [1.54, 1.807) is 6.07 Å². The molecular formula is C12H11F3N2O. The first-order valence-electron chi connectivity index (χ1n) is 5.70. The van der Waals surface area contributed by atoms with Crippen LogP contribution in [0.4, 0.5) is 18.9 Å². The molecule has 18 heavy (non-hydrogen) atoms. The first-order valence-corrected chi connectivity index (χ1v) is 5.70. The molecule has 2 aliphatic rings. The van der Waals surface area contributed by atoms with Crippen LogP contribution in [0.3, 0.4) is 0 Å². The molecule has 2 aliphatic heterocycles. The second-order valence-electron chi connectivity index (χ2n) is 4.55. The predicted octanol–water partition coefficient (Wildman–Crippen LogP) is 1.57.